The Morgan fingerprint density at radius 3 is 2.66 bits per heavy atom. The molecule has 0 aliphatic carbocycles. The van der Waals surface area contributed by atoms with Gasteiger partial charge in [-0.2, -0.15) is 0 Å². The van der Waals surface area contributed by atoms with Gasteiger partial charge in [-0.1, -0.05) is 35.9 Å². The molecule has 29 heavy (non-hydrogen) atoms. The fourth-order valence-corrected chi connectivity index (χ4v) is 3.02. The van der Waals surface area contributed by atoms with Gasteiger partial charge in [-0.05, 0) is 37.1 Å². The van der Waals surface area contributed by atoms with E-state index in [2.05, 4.69) is 11.1 Å². The van der Waals surface area contributed by atoms with Crippen LogP contribution in [0.15, 0.2) is 53.6 Å². The number of ether oxygens (including phenoxy) is 1. The molecule has 2 aromatic carbocycles. The van der Waals surface area contributed by atoms with Crippen molar-refractivity contribution < 1.29 is 14.3 Å². The molecule has 0 aliphatic rings. The second kappa shape index (κ2) is 8.68. The van der Waals surface area contributed by atoms with Crippen LogP contribution in [0, 0.1) is 13.8 Å². The summed E-state index contributed by atoms with van der Waals surface area (Å²) < 4.78 is 6.24. The maximum Gasteiger partial charge on any atom is 0.326 e. The molecule has 0 saturated carbocycles. The van der Waals surface area contributed by atoms with Crippen molar-refractivity contribution in [3.63, 3.8) is 0 Å². The normalized spacial score (nSPS) is 10.7. The third kappa shape index (κ3) is 4.87. The zero-order valence-electron chi connectivity index (χ0n) is 16.7. The highest BCUT2D eigenvalue weighted by atomic mass is 16.5. The Bertz CT molecular complexity index is 1120. The Morgan fingerprint density at radius 1 is 1.14 bits per heavy atom. The highest BCUT2D eigenvalue weighted by Gasteiger charge is 2.15. The molecule has 3 aromatic rings. The second-order valence-electron chi connectivity index (χ2n) is 7.04. The lowest BCUT2D eigenvalue weighted by atomic mass is 10.1. The third-order valence-electron chi connectivity index (χ3n) is 4.72. The molecule has 0 N–H and O–H groups in total. The van der Waals surface area contributed by atoms with Gasteiger partial charge in [0.15, 0.2) is 6.61 Å². The number of likely N-dealkylation sites (N-methyl/N-ethyl adjacent to an activating group) is 1. The van der Waals surface area contributed by atoms with Crippen molar-refractivity contribution in [3.05, 3.63) is 75.8 Å². The zero-order chi connectivity index (χ0) is 21.0. The van der Waals surface area contributed by atoms with Gasteiger partial charge >= 0.3 is 5.97 Å². The van der Waals surface area contributed by atoms with E-state index in [0.29, 0.717) is 17.4 Å². The Balaban J connectivity index is 1.57. The van der Waals surface area contributed by atoms with Gasteiger partial charge in [-0.3, -0.25) is 19.0 Å². The average Bonchev–Trinajstić information content (AvgIpc) is 2.70. The zero-order valence-corrected chi connectivity index (χ0v) is 16.7. The molecule has 1 aromatic heterocycles. The largest absolute Gasteiger partial charge is 0.454 e. The summed E-state index contributed by atoms with van der Waals surface area (Å²) in [5.41, 5.74) is 3.53. The van der Waals surface area contributed by atoms with Gasteiger partial charge in [0, 0.05) is 13.6 Å². The lowest BCUT2D eigenvalue weighted by Gasteiger charge is -2.19. The van der Waals surface area contributed by atoms with Crippen LogP contribution in [0.25, 0.3) is 10.9 Å². The molecule has 150 valence electrons. The molecule has 3 rings (SSSR count). The number of hydrogen-bond acceptors (Lipinski definition) is 5. The van der Waals surface area contributed by atoms with E-state index in [9.17, 15) is 14.4 Å². The number of para-hydroxylation sites is 1. The molecular formula is C22H23N3O4. The second-order valence-corrected chi connectivity index (χ2v) is 7.04. The third-order valence-corrected chi connectivity index (χ3v) is 4.72. The average molecular weight is 393 g/mol. The Hall–Kier alpha value is -3.48. The molecule has 1 amide bonds. The van der Waals surface area contributed by atoms with Gasteiger partial charge < -0.3 is 9.64 Å². The molecule has 0 unspecified atom stereocenters. The van der Waals surface area contributed by atoms with Crippen molar-refractivity contribution in [2.24, 2.45) is 0 Å². The van der Waals surface area contributed by atoms with Crippen molar-refractivity contribution in [2.45, 2.75) is 26.9 Å². The fourth-order valence-electron chi connectivity index (χ4n) is 3.02. The SMILES string of the molecule is Cc1ccc(CN(C)C(=O)COC(=O)Cn2cnc3ccccc3c2=O)c(C)c1. The van der Waals surface area contributed by atoms with Gasteiger partial charge in [0.25, 0.3) is 11.5 Å². The first-order chi connectivity index (χ1) is 13.8. The van der Waals surface area contributed by atoms with E-state index in [1.165, 1.54) is 15.8 Å². The molecule has 1 heterocycles. The first kappa shape index (κ1) is 20.3. The summed E-state index contributed by atoms with van der Waals surface area (Å²) in [6.45, 7) is 3.76. The number of esters is 1. The number of carbonyl (C=O) groups excluding carboxylic acids is 2. The lowest BCUT2D eigenvalue weighted by Crippen LogP contribution is -2.32. The first-order valence-electron chi connectivity index (χ1n) is 9.25. The van der Waals surface area contributed by atoms with Gasteiger partial charge in [0.2, 0.25) is 0 Å². The van der Waals surface area contributed by atoms with Crippen molar-refractivity contribution in [1.29, 1.82) is 0 Å². The molecule has 0 radical (unpaired) electrons. The summed E-state index contributed by atoms with van der Waals surface area (Å²) in [6, 6.07) is 12.9. The predicted molar refractivity (Wildman–Crippen MR) is 109 cm³/mol. The summed E-state index contributed by atoms with van der Waals surface area (Å²) >= 11 is 0. The van der Waals surface area contributed by atoms with Crippen LogP contribution in [-0.4, -0.2) is 40.0 Å². The molecule has 7 nitrogen and oxygen atoms in total. The molecule has 0 atom stereocenters. The number of fused-ring (bicyclic) bond motifs is 1. The number of hydrogen-bond donors (Lipinski definition) is 0. The lowest BCUT2D eigenvalue weighted by molar-refractivity contribution is -0.152. The Morgan fingerprint density at radius 2 is 1.90 bits per heavy atom. The Labute approximate surface area is 168 Å². The smallest absolute Gasteiger partial charge is 0.326 e. The van der Waals surface area contributed by atoms with Crippen LogP contribution in [0.5, 0.6) is 0 Å². The van der Waals surface area contributed by atoms with Crippen molar-refractivity contribution >= 4 is 22.8 Å². The number of carbonyl (C=O) groups is 2. The predicted octanol–water partition coefficient (Wildman–Crippen LogP) is 2.22. The van der Waals surface area contributed by atoms with E-state index in [1.807, 2.05) is 26.0 Å². The minimum absolute atomic E-state index is 0.301. The van der Waals surface area contributed by atoms with Crippen LogP contribution in [0.4, 0.5) is 0 Å². The van der Waals surface area contributed by atoms with E-state index in [0.717, 1.165) is 16.7 Å². The number of benzene rings is 2. The van der Waals surface area contributed by atoms with E-state index < -0.39 is 5.97 Å². The van der Waals surface area contributed by atoms with Crippen molar-refractivity contribution in [3.8, 4) is 0 Å². The van der Waals surface area contributed by atoms with Crippen molar-refractivity contribution in [2.75, 3.05) is 13.7 Å². The maximum atomic E-state index is 12.4. The minimum atomic E-state index is -0.669. The summed E-state index contributed by atoms with van der Waals surface area (Å²) in [7, 11) is 1.66. The maximum absolute atomic E-state index is 12.4. The standard InChI is InChI=1S/C22H23N3O4/c1-15-8-9-17(16(2)10-15)11-24(3)20(26)13-29-21(27)12-25-14-23-19-7-5-4-6-18(19)22(25)28/h4-10,14H,11-13H2,1-3H3. The van der Waals surface area contributed by atoms with Crippen molar-refractivity contribution in [1.82, 2.24) is 14.5 Å². The molecule has 0 fully saturated rings. The van der Waals surface area contributed by atoms with Crippen LogP contribution >= 0.6 is 0 Å². The van der Waals surface area contributed by atoms with Crippen LogP contribution in [0.1, 0.15) is 16.7 Å². The number of amides is 1. The van der Waals surface area contributed by atoms with Crippen LogP contribution in [-0.2, 0) is 27.4 Å². The number of aryl methyl sites for hydroxylation is 2. The molecule has 0 bridgehead atoms. The highest BCUT2D eigenvalue weighted by Crippen LogP contribution is 2.12. The molecule has 0 spiro atoms. The topological polar surface area (TPSA) is 81.5 Å². The van der Waals surface area contributed by atoms with Crippen LogP contribution < -0.4 is 5.56 Å². The number of rotatable bonds is 6. The molecular weight excluding hydrogens is 370 g/mol. The number of aromatic nitrogens is 2. The van der Waals surface area contributed by atoms with E-state index in [1.54, 1.807) is 31.3 Å². The summed E-state index contributed by atoms with van der Waals surface area (Å²) in [4.78, 5) is 42.5. The summed E-state index contributed by atoms with van der Waals surface area (Å²) in [6.07, 6.45) is 1.31. The van der Waals surface area contributed by atoms with E-state index in [4.69, 9.17) is 4.74 Å². The summed E-state index contributed by atoms with van der Waals surface area (Å²) in [5, 5.41) is 0.423. The molecule has 7 heteroatoms. The first-order valence-corrected chi connectivity index (χ1v) is 9.25. The monoisotopic (exact) mass is 393 g/mol. The fraction of sp³-hybridized carbons (Fsp3) is 0.273. The van der Waals surface area contributed by atoms with E-state index >= 15 is 0 Å². The van der Waals surface area contributed by atoms with Gasteiger partial charge in [0.05, 0.1) is 17.2 Å². The molecule has 0 saturated heterocycles. The van der Waals surface area contributed by atoms with Crippen LogP contribution in [0.2, 0.25) is 0 Å². The highest BCUT2D eigenvalue weighted by molar-refractivity contribution is 5.81. The van der Waals surface area contributed by atoms with E-state index in [-0.39, 0.29) is 24.6 Å². The minimum Gasteiger partial charge on any atom is -0.454 e. The van der Waals surface area contributed by atoms with Crippen LogP contribution in [0.3, 0.4) is 0 Å². The summed E-state index contributed by atoms with van der Waals surface area (Å²) in [5.74, 6) is -0.986. The quantitative estimate of drug-likeness (QED) is 0.600. The van der Waals surface area contributed by atoms with Gasteiger partial charge in [-0.15, -0.1) is 0 Å². The van der Waals surface area contributed by atoms with Gasteiger partial charge in [0.1, 0.15) is 6.54 Å². The van der Waals surface area contributed by atoms with Gasteiger partial charge in [-0.25, -0.2) is 4.98 Å². The molecule has 0 aliphatic heterocycles. The number of nitrogens with zero attached hydrogens (tertiary/aromatic N) is 3. The Kier molecular flexibility index (Phi) is 6.07.